The summed E-state index contributed by atoms with van der Waals surface area (Å²) in [6.07, 6.45) is 1.63. The van der Waals surface area contributed by atoms with Crippen molar-refractivity contribution in [3.05, 3.63) is 36.1 Å². The molecule has 100 valence electrons. The van der Waals surface area contributed by atoms with Gasteiger partial charge in [0.05, 0.1) is 6.26 Å². The van der Waals surface area contributed by atoms with Gasteiger partial charge in [-0.2, -0.15) is 0 Å². The van der Waals surface area contributed by atoms with Crippen molar-refractivity contribution < 1.29 is 10.6 Å². The standard InChI is InChI=1S/C13H15NO2.C2H6.H2/c1-9(2)8-14-13(15)11-3-4-12-10(7-11)5-6-16-12;1-2;/h3-7,9H,8H2,1-2H3,(H,14,15);1-2H3;1H. The van der Waals surface area contributed by atoms with Gasteiger partial charge in [0.1, 0.15) is 5.58 Å². The molecular formula is C15H23NO2. The van der Waals surface area contributed by atoms with Crippen LogP contribution in [0.4, 0.5) is 0 Å². The summed E-state index contributed by atoms with van der Waals surface area (Å²) in [5, 5.41) is 3.84. The number of carbonyl (C=O) groups is 1. The van der Waals surface area contributed by atoms with Gasteiger partial charge >= 0.3 is 0 Å². The highest BCUT2D eigenvalue weighted by molar-refractivity contribution is 5.97. The summed E-state index contributed by atoms with van der Waals surface area (Å²) < 4.78 is 5.22. The molecule has 2 aromatic rings. The molecule has 0 aliphatic rings. The van der Waals surface area contributed by atoms with E-state index in [9.17, 15) is 4.79 Å². The van der Waals surface area contributed by atoms with E-state index in [2.05, 4.69) is 19.2 Å². The molecule has 18 heavy (non-hydrogen) atoms. The lowest BCUT2D eigenvalue weighted by molar-refractivity contribution is 0.0949. The Hall–Kier alpha value is -1.77. The Bertz CT molecular complexity index is 506. The summed E-state index contributed by atoms with van der Waals surface area (Å²) in [6, 6.07) is 7.30. The Morgan fingerprint density at radius 1 is 1.33 bits per heavy atom. The van der Waals surface area contributed by atoms with E-state index in [4.69, 9.17) is 4.42 Å². The van der Waals surface area contributed by atoms with E-state index in [-0.39, 0.29) is 7.33 Å². The van der Waals surface area contributed by atoms with E-state index >= 15 is 0 Å². The summed E-state index contributed by atoms with van der Waals surface area (Å²) >= 11 is 0. The lowest BCUT2D eigenvalue weighted by Crippen LogP contribution is -2.27. The van der Waals surface area contributed by atoms with Crippen molar-refractivity contribution in [2.75, 3.05) is 6.54 Å². The molecule has 1 aromatic heterocycles. The van der Waals surface area contributed by atoms with Crippen LogP contribution in [0.2, 0.25) is 0 Å². The molecule has 3 heteroatoms. The maximum atomic E-state index is 11.8. The van der Waals surface area contributed by atoms with Crippen molar-refractivity contribution in [1.29, 1.82) is 0 Å². The first-order valence-corrected chi connectivity index (χ1v) is 6.42. The van der Waals surface area contributed by atoms with Crippen LogP contribution in [0.3, 0.4) is 0 Å². The molecule has 0 bridgehead atoms. The zero-order valence-corrected chi connectivity index (χ0v) is 11.5. The Morgan fingerprint density at radius 2 is 2.06 bits per heavy atom. The maximum Gasteiger partial charge on any atom is 0.251 e. The zero-order chi connectivity index (χ0) is 13.5. The summed E-state index contributed by atoms with van der Waals surface area (Å²) in [7, 11) is 0. The van der Waals surface area contributed by atoms with Crippen molar-refractivity contribution in [2.24, 2.45) is 5.92 Å². The number of hydrogen-bond donors (Lipinski definition) is 1. The molecule has 0 saturated carbocycles. The van der Waals surface area contributed by atoms with Crippen LogP contribution in [0.15, 0.2) is 34.9 Å². The van der Waals surface area contributed by atoms with E-state index in [1.54, 1.807) is 12.3 Å². The van der Waals surface area contributed by atoms with Crippen LogP contribution in [-0.4, -0.2) is 12.5 Å². The monoisotopic (exact) mass is 249 g/mol. The number of benzene rings is 1. The lowest BCUT2D eigenvalue weighted by atomic mass is 10.1. The third-order valence-corrected chi connectivity index (χ3v) is 2.39. The van der Waals surface area contributed by atoms with Crippen molar-refractivity contribution in [2.45, 2.75) is 27.7 Å². The van der Waals surface area contributed by atoms with E-state index in [1.807, 2.05) is 32.0 Å². The minimum atomic E-state index is -0.0307. The minimum absolute atomic E-state index is 0. The van der Waals surface area contributed by atoms with Gasteiger partial charge in [-0.25, -0.2) is 0 Å². The molecule has 0 radical (unpaired) electrons. The van der Waals surface area contributed by atoms with Gasteiger partial charge in [-0.1, -0.05) is 27.7 Å². The first-order valence-electron chi connectivity index (χ1n) is 6.42. The van der Waals surface area contributed by atoms with Gasteiger partial charge in [-0.15, -0.1) is 0 Å². The van der Waals surface area contributed by atoms with Crippen LogP contribution in [0.1, 0.15) is 39.5 Å². The number of amides is 1. The number of furan rings is 1. The van der Waals surface area contributed by atoms with Crippen molar-refractivity contribution >= 4 is 16.9 Å². The van der Waals surface area contributed by atoms with Crippen LogP contribution in [-0.2, 0) is 0 Å². The first kappa shape index (κ1) is 14.3. The average Bonchev–Trinajstić information content (AvgIpc) is 2.85. The van der Waals surface area contributed by atoms with Crippen LogP contribution in [0.5, 0.6) is 0 Å². The van der Waals surface area contributed by atoms with Crippen LogP contribution >= 0.6 is 0 Å². The molecule has 0 saturated heterocycles. The molecule has 0 aliphatic heterocycles. The molecule has 1 heterocycles. The average molecular weight is 249 g/mol. The van der Waals surface area contributed by atoms with Gasteiger partial charge in [-0.05, 0) is 30.2 Å². The normalized spacial score (nSPS) is 10.1. The largest absolute Gasteiger partial charge is 0.464 e. The van der Waals surface area contributed by atoms with E-state index in [1.165, 1.54) is 0 Å². The molecule has 1 N–H and O–H groups in total. The Balaban J connectivity index is 0.00000103. The van der Waals surface area contributed by atoms with Crippen molar-refractivity contribution in [3.8, 4) is 0 Å². The molecule has 2 rings (SSSR count). The van der Waals surface area contributed by atoms with E-state index < -0.39 is 0 Å². The van der Waals surface area contributed by atoms with E-state index in [0.717, 1.165) is 11.0 Å². The fourth-order valence-electron chi connectivity index (χ4n) is 1.51. The number of nitrogens with one attached hydrogen (secondary N) is 1. The Kier molecular flexibility index (Phi) is 5.43. The van der Waals surface area contributed by atoms with Gasteiger partial charge in [0.25, 0.3) is 5.91 Å². The SMILES string of the molecule is CC.CC(C)CNC(=O)c1ccc2occc2c1.[HH]. The van der Waals surface area contributed by atoms with Gasteiger partial charge in [0.15, 0.2) is 0 Å². The Labute approximate surface area is 110 Å². The molecule has 1 aromatic carbocycles. The highest BCUT2D eigenvalue weighted by Crippen LogP contribution is 2.16. The summed E-state index contributed by atoms with van der Waals surface area (Å²) in [5.74, 6) is 0.429. The number of fused-ring (bicyclic) bond motifs is 1. The Morgan fingerprint density at radius 3 is 2.72 bits per heavy atom. The minimum Gasteiger partial charge on any atom is -0.464 e. The van der Waals surface area contributed by atoms with Gasteiger partial charge < -0.3 is 9.73 Å². The van der Waals surface area contributed by atoms with Crippen molar-refractivity contribution in [3.63, 3.8) is 0 Å². The second-order valence-electron chi connectivity index (χ2n) is 4.28. The molecule has 0 aliphatic carbocycles. The predicted molar refractivity (Wildman–Crippen MR) is 76.8 cm³/mol. The molecule has 0 spiro atoms. The summed E-state index contributed by atoms with van der Waals surface area (Å²) in [4.78, 5) is 11.8. The molecule has 3 nitrogen and oxygen atoms in total. The highest BCUT2D eigenvalue weighted by Gasteiger charge is 2.07. The highest BCUT2D eigenvalue weighted by atomic mass is 16.3. The lowest BCUT2D eigenvalue weighted by Gasteiger charge is -2.07. The predicted octanol–water partition coefficient (Wildman–Crippen LogP) is 4.09. The van der Waals surface area contributed by atoms with Gasteiger partial charge in [-0.3, -0.25) is 4.79 Å². The quantitative estimate of drug-likeness (QED) is 0.890. The van der Waals surface area contributed by atoms with Crippen LogP contribution < -0.4 is 5.32 Å². The van der Waals surface area contributed by atoms with E-state index in [0.29, 0.717) is 18.0 Å². The van der Waals surface area contributed by atoms with Gasteiger partial charge in [0, 0.05) is 18.9 Å². The summed E-state index contributed by atoms with van der Waals surface area (Å²) in [5.41, 5.74) is 1.48. The van der Waals surface area contributed by atoms with Crippen LogP contribution in [0, 0.1) is 5.92 Å². The second-order valence-corrected chi connectivity index (χ2v) is 4.28. The molecule has 0 fully saturated rings. The zero-order valence-electron chi connectivity index (χ0n) is 11.5. The molecular weight excluding hydrogens is 226 g/mol. The number of hydrogen-bond acceptors (Lipinski definition) is 2. The third kappa shape index (κ3) is 3.62. The molecule has 0 unspecified atom stereocenters. The topological polar surface area (TPSA) is 42.2 Å². The van der Waals surface area contributed by atoms with Gasteiger partial charge in [0.2, 0.25) is 0 Å². The summed E-state index contributed by atoms with van der Waals surface area (Å²) in [6.45, 7) is 8.83. The first-order chi connectivity index (χ1) is 8.66. The second kappa shape index (κ2) is 6.84. The fraction of sp³-hybridized carbons (Fsp3) is 0.400. The number of rotatable bonds is 3. The van der Waals surface area contributed by atoms with Crippen LogP contribution in [0.25, 0.3) is 11.0 Å². The fourth-order valence-corrected chi connectivity index (χ4v) is 1.51. The van der Waals surface area contributed by atoms with Crippen molar-refractivity contribution in [1.82, 2.24) is 5.32 Å². The number of carbonyl (C=O) groups excluding carboxylic acids is 1. The third-order valence-electron chi connectivity index (χ3n) is 2.39. The molecule has 0 atom stereocenters. The molecule has 1 amide bonds. The maximum absolute atomic E-state index is 11.8. The smallest absolute Gasteiger partial charge is 0.251 e.